The van der Waals surface area contributed by atoms with E-state index in [0.29, 0.717) is 30.8 Å². The van der Waals surface area contributed by atoms with E-state index in [9.17, 15) is 9.59 Å². The molecule has 2 aromatic rings. The summed E-state index contributed by atoms with van der Waals surface area (Å²) in [7, 11) is 0. The van der Waals surface area contributed by atoms with E-state index in [1.165, 1.54) is 4.40 Å². The average Bonchev–Trinajstić information content (AvgIpc) is 2.41. The minimum absolute atomic E-state index is 0.117. The van der Waals surface area contributed by atoms with Crippen molar-refractivity contribution in [2.75, 3.05) is 18.0 Å². The number of aldehydes is 1. The highest BCUT2D eigenvalue weighted by atomic mass is 16.1. The Labute approximate surface area is 111 Å². The van der Waals surface area contributed by atoms with Gasteiger partial charge in [-0.05, 0) is 32.4 Å². The Kier molecular flexibility index (Phi) is 3.64. The number of hydrogen-bond donors (Lipinski definition) is 0. The molecule has 0 spiro atoms. The molecular weight excluding hydrogens is 242 g/mol. The van der Waals surface area contributed by atoms with Crippen molar-refractivity contribution < 1.29 is 4.79 Å². The van der Waals surface area contributed by atoms with E-state index in [1.807, 2.05) is 31.7 Å². The van der Waals surface area contributed by atoms with E-state index in [0.717, 1.165) is 5.56 Å². The van der Waals surface area contributed by atoms with E-state index in [1.54, 1.807) is 12.3 Å². The molecule has 100 valence electrons. The maximum atomic E-state index is 12.3. The zero-order valence-corrected chi connectivity index (χ0v) is 11.4. The summed E-state index contributed by atoms with van der Waals surface area (Å²) in [5, 5.41) is 0. The largest absolute Gasteiger partial charge is 0.356 e. The van der Waals surface area contributed by atoms with E-state index in [-0.39, 0.29) is 11.1 Å². The molecule has 2 aromatic heterocycles. The monoisotopic (exact) mass is 259 g/mol. The lowest BCUT2D eigenvalue weighted by Gasteiger charge is -2.21. The van der Waals surface area contributed by atoms with Crippen molar-refractivity contribution >= 4 is 17.8 Å². The maximum Gasteiger partial charge on any atom is 0.270 e. The number of pyridine rings is 1. The van der Waals surface area contributed by atoms with Crippen LogP contribution in [0.5, 0.6) is 0 Å². The highest BCUT2D eigenvalue weighted by molar-refractivity contribution is 5.83. The van der Waals surface area contributed by atoms with Crippen molar-refractivity contribution in [3.05, 3.63) is 39.8 Å². The Hall–Kier alpha value is -2.17. The van der Waals surface area contributed by atoms with Gasteiger partial charge in [-0.1, -0.05) is 6.07 Å². The molecule has 0 bridgehead atoms. The number of aryl methyl sites for hydroxylation is 1. The van der Waals surface area contributed by atoms with Crippen LogP contribution < -0.4 is 10.5 Å². The Balaban J connectivity index is 2.82. The number of hydrogen-bond acceptors (Lipinski definition) is 4. The molecule has 0 radical (unpaired) electrons. The van der Waals surface area contributed by atoms with Gasteiger partial charge in [0.15, 0.2) is 6.29 Å². The minimum atomic E-state index is -0.314. The average molecular weight is 259 g/mol. The molecule has 0 N–H and O–H groups in total. The van der Waals surface area contributed by atoms with Crippen LogP contribution in [0, 0.1) is 6.92 Å². The van der Waals surface area contributed by atoms with Crippen LogP contribution >= 0.6 is 0 Å². The van der Waals surface area contributed by atoms with Gasteiger partial charge in [0, 0.05) is 19.3 Å². The summed E-state index contributed by atoms with van der Waals surface area (Å²) >= 11 is 0. The zero-order chi connectivity index (χ0) is 14.0. The summed E-state index contributed by atoms with van der Waals surface area (Å²) in [5.74, 6) is 0.467. The summed E-state index contributed by atoms with van der Waals surface area (Å²) in [6.07, 6.45) is 2.29. The molecule has 0 amide bonds. The SMILES string of the molecule is CCN(CC)c1nc2ccc(C)cn2c(=O)c1C=O. The van der Waals surface area contributed by atoms with Gasteiger partial charge in [0.1, 0.15) is 17.0 Å². The van der Waals surface area contributed by atoms with Gasteiger partial charge in [0.2, 0.25) is 0 Å². The third kappa shape index (κ3) is 2.23. The van der Waals surface area contributed by atoms with Gasteiger partial charge in [-0.2, -0.15) is 0 Å². The highest BCUT2D eigenvalue weighted by Crippen LogP contribution is 2.14. The van der Waals surface area contributed by atoms with Gasteiger partial charge in [0.05, 0.1) is 0 Å². The Morgan fingerprint density at radius 2 is 2.00 bits per heavy atom. The summed E-state index contributed by atoms with van der Waals surface area (Å²) in [6.45, 7) is 7.23. The number of nitrogens with zero attached hydrogens (tertiary/aromatic N) is 3. The zero-order valence-electron chi connectivity index (χ0n) is 11.4. The number of carbonyl (C=O) groups is 1. The molecule has 0 atom stereocenters. The van der Waals surface area contributed by atoms with Gasteiger partial charge in [-0.3, -0.25) is 14.0 Å². The fourth-order valence-electron chi connectivity index (χ4n) is 2.11. The van der Waals surface area contributed by atoms with E-state index >= 15 is 0 Å². The molecule has 0 fully saturated rings. The molecule has 5 heteroatoms. The van der Waals surface area contributed by atoms with Crippen LogP contribution in [-0.2, 0) is 0 Å². The van der Waals surface area contributed by atoms with Crippen LogP contribution in [0.2, 0.25) is 0 Å². The molecule has 0 aliphatic heterocycles. The summed E-state index contributed by atoms with van der Waals surface area (Å²) in [5.41, 5.74) is 1.31. The maximum absolute atomic E-state index is 12.3. The topological polar surface area (TPSA) is 54.7 Å². The quantitative estimate of drug-likeness (QED) is 0.784. The Morgan fingerprint density at radius 3 is 2.58 bits per heavy atom. The van der Waals surface area contributed by atoms with Crippen LogP contribution in [0.25, 0.3) is 5.65 Å². The fourth-order valence-corrected chi connectivity index (χ4v) is 2.11. The molecule has 0 saturated carbocycles. The van der Waals surface area contributed by atoms with Crippen molar-refractivity contribution in [3.8, 4) is 0 Å². The highest BCUT2D eigenvalue weighted by Gasteiger charge is 2.16. The third-order valence-electron chi connectivity index (χ3n) is 3.17. The second-order valence-electron chi connectivity index (χ2n) is 4.38. The molecule has 2 rings (SSSR count). The van der Waals surface area contributed by atoms with Gasteiger partial charge in [-0.25, -0.2) is 4.98 Å². The molecule has 2 heterocycles. The van der Waals surface area contributed by atoms with Crippen LogP contribution in [0.3, 0.4) is 0 Å². The molecule has 19 heavy (non-hydrogen) atoms. The summed E-state index contributed by atoms with van der Waals surface area (Å²) < 4.78 is 1.42. The van der Waals surface area contributed by atoms with Crippen molar-refractivity contribution in [2.45, 2.75) is 20.8 Å². The second kappa shape index (κ2) is 5.22. The molecule has 0 saturated heterocycles. The first-order chi connectivity index (χ1) is 9.12. The normalized spacial score (nSPS) is 10.7. The number of carbonyl (C=O) groups excluding carboxylic acids is 1. The molecule has 5 nitrogen and oxygen atoms in total. The van der Waals surface area contributed by atoms with Crippen molar-refractivity contribution in [1.29, 1.82) is 0 Å². The van der Waals surface area contributed by atoms with Crippen molar-refractivity contribution in [2.24, 2.45) is 0 Å². The summed E-state index contributed by atoms with van der Waals surface area (Å²) in [4.78, 5) is 29.9. The summed E-state index contributed by atoms with van der Waals surface area (Å²) in [6, 6.07) is 3.69. The van der Waals surface area contributed by atoms with Gasteiger partial charge in [0.25, 0.3) is 5.56 Å². The van der Waals surface area contributed by atoms with Crippen molar-refractivity contribution in [3.63, 3.8) is 0 Å². The van der Waals surface area contributed by atoms with Crippen molar-refractivity contribution in [1.82, 2.24) is 9.38 Å². The minimum Gasteiger partial charge on any atom is -0.356 e. The lowest BCUT2D eigenvalue weighted by molar-refractivity contribution is 0.112. The van der Waals surface area contributed by atoms with E-state index < -0.39 is 0 Å². The van der Waals surface area contributed by atoms with Gasteiger partial charge >= 0.3 is 0 Å². The molecule has 0 aliphatic carbocycles. The van der Waals surface area contributed by atoms with Gasteiger partial charge in [-0.15, -0.1) is 0 Å². The Bertz CT molecular complexity index is 672. The standard InChI is InChI=1S/C14H17N3O2/c1-4-16(5-2)13-11(9-18)14(19)17-8-10(3)6-7-12(17)15-13/h6-9H,4-5H2,1-3H3. The fraction of sp³-hybridized carbons (Fsp3) is 0.357. The van der Waals surface area contributed by atoms with E-state index in [4.69, 9.17) is 0 Å². The molecular formula is C14H17N3O2. The van der Waals surface area contributed by atoms with Crippen LogP contribution in [-0.4, -0.2) is 28.8 Å². The number of aromatic nitrogens is 2. The van der Waals surface area contributed by atoms with Crippen LogP contribution in [0.4, 0.5) is 5.82 Å². The predicted molar refractivity (Wildman–Crippen MR) is 75.1 cm³/mol. The van der Waals surface area contributed by atoms with Crippen LogP contribution in [0.1, 0.15) is 29.8 Å². The third-order valence-corrected chi connectivity index (χ3v) is 3.17. The first kappa shape index (κ1) is 13.3. The van der Waals surface area contributed by atoms with E-state index in [2.05, 4.69) is 4.98 Å². The van der Waals surface area contributed by atoms with Gasteiger partial charge < -0.3 is 4.90 Å². The molecule has 0 unspecified atom stereocenters. The Morgan fingerprint density at radius 1 is 1.32 bits per heavy atom. The number of rotatable bonds is 4. The lowest BCUT2D eigenvalue weighted by atomic mass is 10.2. The smallest absolute Gasteiger partial charge is 0.270 e. The van der Waals surface area contributed by atoms with Crippen LogP contribution in [0.15, 0.2) is 23.1 Å². The number of fused-ring (bicyclic) bond motifs is 1. The first-order valence-corrected chi connectivity index (χ1v) is 6.35. The molecule has 0 aliphatic rings. The number of anilines is 1. The predicted octanol–water partition coefficient (Wildman–Crippen LogP) is 1.66. The second-order valence-corrected chi connectivity index (χ2v) is 4.38. The lowest BCUT2D eigenvalue weighted by Crippen LogP contribution is -2.30. The first-order valence-electron chi connectivity index (χ1n) is 6.35. The molecule has 0 aromatic carbocycles.